The van der Waals surface area contributed by atoms with E-state index in [0.29, 0.717) is 0 Å². The van der Waals surface area contributed by atoms with Gasteiger partial charge in [-0.25, -0.2) is 0 Å². The molecule has 0 radical (unpaired) electrons. The van der Waals surface area contributed by atoms with Gasteiger partial charge >= 0.3 is 5.97 Å². The molecule has 1 saturated carbocycles. The van der Waals surface area contributed by atoms with Crippen LogP contribution in [0.2, 0.25) is 0 Å². The molecule has 0 atom stereocenters. The van der Waals surface area contributed by atoms with Gasteiger partial charge in [0.15, 0.2) is 0 Å². The van der Waals surface area contributed by atoms with Crippen molar-refractivity contribution >= 4 is 5.97 Å². The van der Waals surface area contributed by atoms with Crippen LogP contribution < -0.4 is 4.74 Å². The van der Waals surface area contributed by atoms with E-state index in [1.54, 1.807) is 7.11 Å². The lowest BCUT2D eigenvalue weighted by Crippen LogP contribution is -2.21. The van der Waals surface area contributed by atoms with Crippen molar-refractivity contribution < 1.29 is 14.3 Å². The van der Waals surface area contributed by atoms with E-state index in [4.69, 9.17) is 9.47 Å². The van der Waals surface area contributed by atoms with Crippen LogP contribution in [0.1, 0.15) is 35.1 Å². The lowest BCUT2D eigenvalue weighted by molar-refractivity contribution is -0.147. The molecule has 1 aliphatic rings. The SMILES string of the molecule is COC(=O)C1(Cc2c(C)cc(OC)c(C)c2C)CC1. The van der Waals surface area contributed by atoms with Crippen molar-refractivity contribution in [1.29, 1.82) is 0 Å². The Labute approximate surface area is 114 Å². The molecule has 0 saturated heterocycles. The third kappa shape index (κ3) is 2.34. The first kappa shape index (κ1) is 13.9. The Morgan fingerprint density at radius 2 is 1.84 bits per heavy atom. The van der Waals surface area contributed by atoms with Crippen LogP contribution in [0.5, 0.6) is 5.75 Å². The molecule has 0 N–H and O–H groups in total. The number of hydrogen-bond acceptors (Lipinski definition) is 3. The molecule has 0 spiro atoms. The standard InChI is InChI=1S/C16H22O3/c1-10-8-14(18-4)12(3)11(2)13(10)9-16(6-7-16)15(17)19-5/h8H,6-7,9H2,1-5H3. The van der Waals surface area contributed by atoms with Gasteiger partial charge in [0, 0.05) is 0 Å². The molecule has 0 bridgehead atoms. The fourth-order valence-corrected chi connectivity index (χ4v) is 2.74. The molecule has 1 fully saturated rings. The van der Waals surface area contributed by atoms with E-state index >= 15 is 0 Å². The van der Waals surface area contributed by atoms with E-state index in [1.807, 2.05) is 0 Å². The first-order chi connectivity index (χ1) is 8.95. The molecule has 0 heterocycles. The average molecular weight is 262 g/mol. The van der Waals surface area contributed by atoms with Crippen LogP contribution in [-0.4, -0.2) is 20.2 Å². The van der Waals surface area contributed by atoms with E-state index < -0.39 is 0 Å². The van der Waals surface area contributed by atoms with Crippen molar-refractivity contribution in [2.75, 3.05) is 14.2 Å². The molecule has 1 aliphatic carbocycles. The quantitative estimate of drug-likeness (QED) is 0.782. The number of carbonyl (C=O) groups excluding carboxylic acids is 1. The summed E-state index contributed by atoms with van der Waals surface area (Å²) in [6.45, 7) is 6.25. The fourth-order valence-electron chi connectivity index (χ4n) is 2.74. The number of carbonyl (C=O) groups is 1. The molecule has 1 aromatic carbocycles. The molecule has 3 nitrogen and oxygen atoms in total. The van der Waals surface area contributed by atoms with Gasteiger partial charge in [-0.3, -0.25) is 4.79 Å². The summed E-state index contributed by atoms with van der Waals surface area (Å²) in [5.74, 6) is 0.849. The average Bonchev–Trinajstić information content (AvgIpc) is 3.19. The van der Waals surface area contributed by atoms with Gasteiger partial charge in [-0.15, -0.1) is 0 Å². The van der Waals surface area contributed by atoms with Gasteiger partial charge in [0.25, 0.3) is 0 Å². The highest BCUT2D eigenvalue weighted by atomic mass is 16.5. The topological polar surface area (TPSA) is 35.5 Å². The maximum absolute atomic E-state index is 11.9. The number of methoxy groups -OCH3 is 2. The highest BCUT2D eigenvalue weighted by Crippen LogP contribution is 2.50. The summed E-state index contributed by atoms with van der Waals surface area (Å²) >= 11 is 0. The smallest absolute Gasteiger partial charge is 0.312 e. The monoisotopic (exact) mass is 262 g/mol. The molecule has 0 amide bonds. The first-order valence-electron chi connectivity index (χ1n) is 6.67. The van der Waals surface area contributed by atoms with Crippen LogP contribution in [0.15, 0.2) is 6.07 Å². The van der Waals surface area contributed by atoms with Crippen LogP contribution in [0.3, 0.4) is 0 Å². The third-order valence-electron chi connectivity index (χ3n) is 4.42. The highest BCUT2D eigenvalue weighted by molar-refractivity contribution is 5.80. The van der Waals surface area contributed by atoms with Crippen molar-refractivity contribution in [2.45, 2.75) is 40.0 Å². The van der Waals surface area contributed by atoms with E-state index in [0.717, 1.165) is 30.6 Å². The Morgan fingerprint density at radius 1 is 1.21 bits per heavy atom. The Bertz CT molecular complexity index is 513. The highest BCUT2D eigenvalue weighted by Gasteiger charge is 2.51. The normalized spacial score (nSPS) is 16.1. The van der Waals surface area contributed by atoms with Crippen LogP contribution >= 0.6 is 0 Å². The van der Waals surface area contributed by atoms with Crippen molar-refractivity contribution in [3.05, 3.63) is 28.3 Å². The zero-order chi connectivity index (χ0) is 14.2. The van der Waals surface area contributed by atoms with Gasteiger partial charge in [0.2, 0.25) is 0 Å². The van der Waals surface area contributed by atoms with Crippen molar-refractivity contribution in [2.24, 2.45) is 5.41 Å². The van der Waals surface area contributed by atoms with Gasteiger partial charge in [0.1, 0.15) is 5.75 Å². The number of aryl methyl sites for hydroxylation is 1. The largest absolute Gasteiger partial charge is 0.496 e. The zero-order valence-corrected chi connectivity index (χ0v) is 12.4. The first-order valence-corrected chi connectivity index (χ1v) is 6.67. The molecule has 2 rings (SSSR count). The van der Waals surface area contributed by atoms with Crippen LogP contribution in [0, 0.1) is 26.2 Å². The predicted octanol–water partition coefficient (Wildman–Crippen LogP) is 3.12. The molecular formula is C16H22O3. The second-order valence-electron chi connectivity index (χ2n) is 5.57. The second-order valence-corrected chi connectivity index (χ2v) is 5.57. The molecule has 0 aromatic heterocycles. The maximum atomic E-state index is 11.9. The van der Waals surface area contributed by atoms with Crippen LogP contribution in [0.25, 0.3) is 0 Å². The van der Waals surface area contributed by atoms with Gasteiger partial charge in [-0.1, -0.05) is 0 Å². The maximum Gasteiger partial charge on any atom is 0.312 e. The number of ether oxygens (including phenoxy) is 2. The molecule has 19 heavy (non-hydrogen) atoms. The van der Waals surface area contributed by atoms with Gasteiger partial charge in [0.05, 0.1) is 19.6 Å². The Hall–Kier alpha value is -1.51. The third-order valence-corrected chi connectivity index (χ3v) is 4.42. The molecule has 0 aliphatic heterocycles. The number of rotatable bonds is 4. The minimum Gasteiger partial charge on any atom is -0.496 e. The molecular weight excluding hydrogens is 240 g/mol. The van der Waals surface area contributed by atoms with E-state index in [9.17, 15) is 4.79 Å². The summed E-state index contributed by atoms with van der Waals surface area (Å²) in [4.78, 5) is 11.9. The second kappa shape index (κ2) is 4.87. The molecule has 1 aromatic rings. The molecule has 3 heteroatoms. The minimum absolute atomic E-state index is 0.0697. The summed E-state index contributed by atoms with van der Waals surface area (Å²) < 4.78 is 10.3. The summed E-state index contributed by atoms with van der Waals surface area (Å²) in [6, 6.07) is 2.06. The van der Waals surface area contributed by atoms with Crippen molar-refractivity contribution in [3.8, 4) is 5.75 Å². The van der Waals surface area contributed by atoms with Gasteiger partial charge in [-0.2, -0.15) is 0 Å². The zero-order valence-electron chi connectivity index (χ0n) is 12.4. The summed E-state index contributed by atoms with van der Waals surface area (Å²) in [5, 5.41) is 0. The lowest BCUT2D eigenvalue weighted by atomic mass is 9.88. The van der Waals surface area contributed by atoms with E-state index in [-0.39, 0.29) is 11.4 Å². The van der Waals surface area contributed by atoms with Crippen molar-refractivity contribution in [1.82, 2.24) is 0 Å². The van der Waals surface area contributed by atoms with Crippen LogP contribution in [-0.2, 0) is 16.0 Å². The van der Waals surface area contributed by atoms with Gasteiger partial charge < -0.3 is 9.47 Å². The minimum atomic E-state index is -0.273. The Morgan fingerprint density at radius 3 is 2.32 bits per heavy atom. The summed E-state index contributed by atoms with van der Waals surface area (Å²) in [5.41, 5.74) is 4.57. The number of benzene rings is 1. The lowest BCUT2D eigenvalue weighted by Gasteiger charge is -2.19. The summed E-state index contributed by atoms with van der Waals surface area (Å²) in [7, 11) is 3.17. The predicted molar refractivity (Wildman–Crippen MR) is 74.6 cm³/mol. The van der Waals surface area contributed by atoms with Gasteiger partial charge in [-0.05, 0) is 68.4 Å². The Kier molecular flexibility index (Phi) is 3.57. The number of esters is 1. The van der Waals surface area contributed by atoms with Crippen molar-refractivity contribution in [3.63, 3.8) is 0 Å². The van der Waals surface area contributed by atoms with Crippen LogP contribution in [0.4, 0.5) is 0 Å². The molecule has 104 valence electrons. The van der Waals surface area contributed by atoms with E-state index in [2.05, 4.69) is 26.8 Å². The van der Waals surface area contributed by atoms with E-state index in [1.165, 1.54) is 23.8 Å². The number of hydrogen-bond donors (Lipinski definition) is 0. The summed E-state index contributed by atoms with van der Waals surface area (Å²) in [6.07, 6.45) is 2.65. The fraction of sp³-hybridized carbons (Fsp3) is 0.562. The molecule has 0 unspecified atom stereocenters. The Balaban J connectivity index is 2.37.